The number of H-pyrrole nitrogens is 1. The quantitative estimate of drug-likeness (QED) is 0.795. The Hall–Kier alpha value is -1.89. The van der Waals surface area contributed by atoms with Gasteiger partial charge in [0.05, 0.1) is 5.75 Å². The van der Waals surface area contributed by atoms with Crippen molar-refractivity contribution in [2.24, 2.45) is 0 Å². The second-order valence-corrected chi connectivity index (χ2v) is 5.54. The van der Waals surface area contributed by atoms with Crippen LogP contribution in [0.15, 0.2) is 34.2 Å². The number of thioether (sulfide) groups is 1. The lowest BCUT2D eigenvalue weighted by Crippen LogP contribution is -2.17. The maximum atomic E-state index is 12.8. The third kappa shape index (κ3) is 4.29. The summed E-state index contributed by atoms with van der Waals surface area (Å²) in [5.41, 5.74) is 0.514. The lowest BCUT2D eigenvalue weighted by molar-refractivity contribution is -0.116. The first-order valence-corrected chi connectivity index (χ1v) is 7.63. The first-order chi connectivity index (χ1) is 10.1. The Bertz CT molecular complexity index is 664. The summed E-state index contributed by atoms with van der Waals surface area (Å²) in [5, 5.41) is 6.82. The Kier molecular flexibility index (Phi) is 5.32. The minimum absolute atomic E-state index is 0.00473. The normalized spacial score (nSPS) is 10.8. The number of ketones is 1. The minimum Gasteiger partial charge on any atom is -0.298 e. The maximum Gasteiger partial charge on any atom is 0.343 e. The number of halogens is 1. The Morgan fingerprint density at radius 1 is 1.38 bits per heavy atom. The fraction of sp³-hybridized carbons (Fsp3) is 0.357. The van der Waals surface area contributed by atoms with Crippen molar-refractivity contribution in [2.75, 3.05) is 5.75 Å². The van der Waals surface area contributed by atoms with E-state index in [4.69, 9.17) is 0 Å². The van der Waals surface area contributed by atoms with E-state index in [0.717, 1.165) is 12.0 Å². The molecule has 21 heavy (non-hydrogen) atoms. The average molecular weight is 309 g/mol. The minimum atomic E-state index is -0.319. The summed E-state index contributed by atoms with van der Waals surface area (Å²) in [6.07, 6.45) is 1.06. The van der Waals surface area contributed by atoms with E-state index in [9.17, 15) is 14.0 Å². The van der Waals surface area contributed by atoms with Gasteiger partial charge in [0.15, 0.2) is 5.16 Å². The molecule has 0 fully saturated rings. The molecule has 0 amide bonds. The molecule has 0 atom stereocenters. The SMILES string of the molecule is CCCn1c(SCC(=O)Cc2ccc(F)cc2)n[nH]c1=O. The van der Waals surface area contributed by atoms with E-state index in [1.807, 2.05) is 6.92 Å². The topological polar surface area (TPSA) is 67.8 Å². The molecule has 0 aliphatic rings. The fourth-order valence-electron chi connectivity index (χ4n) is 1.86. The molecule has 0 saturated heterocycles. The second kappa shape index (κ2) is 7.21. The number of carbonyl (C=O) groups is 1. The summed E-state index contributed by atoms with van der Waals surface area (Å²) in [4.78, 5) is 23.4. The van der Waals surface area contributed by atoms with Gasteiger partial charge in [0.25, 0.3) is 0 Å². The van der Waals surface area contributed by atoms with Gasteiger partial charge in [0.1, 0.15) is 11.6 Å². The molecule has 0 aliphatic heterocycles. The van der Waals surface area contributed by atoms with Crippen LogP contribution in [0.3, 0.4) is 0 Å². The van der Waals surface area contributed by atoms with Crippen molar-refractivity contribution in [2.45, 2.75) is 31.5 Å². The number of rotatable bonds is 7. The highest BCUT2D eigenvalue weighted by molar-refractivity contribution is 7.99. The smallest absolute Gasteiger partial charge is 0.298 e. The molecule has 0 unspecified atom stereocenters. The van der Waals surface area contributed by atoms with Crippen molar-refractivity contribution in [1.82, 2.24) is 14.8 Å². The number of aromatic nitrogens is 3. The van der Waals surface area contributed by atoms with Crippen molar-refractivity contribution >= 4 is 17.5 Å². The number of hydrogen-bond acceptors (Lipinski definition) is 4. The lowest BCUT2D eigenvalue weighted by Gasteiger charge is -2.03. The number of carbonyl (C=O) groups excluding carboxylic acids is 1. The van der Waals surface area contributed by atoms with Crippen LogP contribution in [-0.4, -0.2) is 26.3 Å². The zero-order valence-electron chi connectivity index (χ0n) is 11.6. The number of aromatic amines is 1. The van der Waals surface area contributed by atoms with E-state index < -0.39 is 0 Å². The summed E-state index contributed by atoms with van der Waals surface area (Å²) in [6, 6.07) is 5.86. The summed E-state index contributed by atoms with van der Waals surface area (Å²) < 4.78 is 14.3. The van der Waals surface area contributed by atoms with Crippen LogP contribution < -0.4 is 5.69 Å². The van der Waals surface area contributed by atoms with E-state index in [2.05, 4.69) is 10.2 Å². The number of nitrogens with zero attached hydrogens (tertiary/aromatic N) is 2. The van der Waals surface area contributed by atoms with Gasteiger partial charge < -0.3 is 0 Å². The van der Waals surface area contributed by atoms with Crippen molar-refractivity contribution in [3.05, 3.63) is 46.1 Å². The predicted molar refractivity (Wildman–Crippen MR) is 79.0 cm³/mol. The van der Waals surface area contributed by atoms with Crippen molar-refractivity contribution in [3.63, 3.8) is 0 Å². The summed E-state index contributed by atoms with van der Waals surface area (Å²) in [5.74, 6) is -0.0865. The van der Waals surface area contributed by atoms with Crippen LogP contribution in [0, 0.1) is 5.82 Å². The van der Waals surface area contributed by atoms with Gasteiger partial charge in [-0.1, -0.05) is 30.8 Å². The second-order valence-electron chi connectivity index (χ2n) is 4.59. The van der Waals surface area contributed by atoms with Crippen LogP contribution in [0.2, 0.25) is 0 Å². The van der Waals surface area contributed by atoms with Gasteiger partial charge in [0.2, 0.25) is 0 Å². The van der Waals surface area contributed by atoms with Crippen molar-refractivity contribution in [1.29, 1.82) is 0 Å². The van der Waals surface area contributed by atoms with Crippen LogP contribution in [0.5, 0.6) is 0 Å². The van der Waals surface area contributed by atoms with Gasteiger partial charge in [-0.15, -0.1) is 5.10 Å². The van der Waals surface area contributed by atoms with E-state index in [-0.39, 0.29) is 29.5 Å². The Labute approximate surface area is 125 Å². The zero-order chi connectivity index (χ0) is 15.2. The molecule has 2 aromatic rings. The molecule has 0 bridgehead atoms. The third-order valence-electron chi connectivity index (χ3n) is 2.85. The largest absolute Gasteiger partial charge is 0.343 e. The first kappa shape index (κ1) is 15.5. The van der Waals surface area contributed by atoms with Gasteiger partial charge in [-0.25, -0.2) is 14.3 Å². The van der Waals surface area contributed by atoms with Gasteiger partial charge in [-0.05, 0) is 24.1 Å². The van der Waals surface area contributed by atoms with Crippen LogP contribution in [0.25, 0.3) is 0 Å². The highest BCUT2D eigenvalue weighted by atomic mass is 32.2. The molecule has 7 heteroatoms. The highest BCUT2D eigenvalue weighted by Crippen LogP contribution is 2.14. The summed E-state index contributed by atoms with van der Waals surface area (Å²) >= 11 is 1.24. The molecule has 2 rings (SSSR count). The number of nitrogens with one attached hydrogen (secondary N) is 1. The van der Waals surface area contributed by atoms with E-state index in [1.54, 1.807) is 12.1 Å². The monoisotopic (exact) mass is 309 g/mol. The molecule has 0 aliphatic carbocycles. The Morgan fingerprint density at radius 3 is 2.76 bits per heavy atom. The molecule has 1 heterocycles. The predicted octanol–water partition coefficient (Wildman–Crippen LogP) is 2.02. The number of hydrogen-bond donors (Lipinski definition) is 1. The average Bonchev–Trinajstić information content (AvgIpc) is 2.81. The summed E-state index contributed by atoms with van der Waals surface area (Å²) in [6.45, 7) is 2.54. The molecule has 1 N–H and O–H groups in total. The van der Waals surface area contributed by atoms with Gasteiger partial charge >= 0.3 is 5.69 Å². The van der Waals surface area contributed by atoms with E-state index >= 15 is 0 Å². The Morgan fingerprint density at radius 2 is 2.10 bits per heavy atom. The van der Waals surface area contributed by atoms with Crippen LogP contribution in [0.4, 0.5) is 4.39 Å². The van der Waals surface area contributed by atoms with E-state index in [0.29, 0.717) is 11.7 Å². The summed E-state index contributed by atoms with van der Waals surface area (Å²) in [7, 11) is 0. The molecular formula is C14H16FN3O2S. The molecule has 0 radical (unpaired) electrons. The van der Waals surface area contributed by atoms with Crippen molar-refractivity contribution < 1.29 is 9.18 Å². The number of Topliss-reactive ketones (excluding diaryl/α,β-unsaturated/α-hetero) is 1. The fourth-order valence-corrected chi connectivity index (χ4v) is 2.69. The number of benzene rings is 1. The van der Waals surface area contributed by atoms with E-state index in [1.165, 1.54) is 28.5 Å². The molecule has 1 aromatic carbocycles. The van der Waals surface area contributed by atoms with Crippen LogP contribution >= 0.6 is 11.8 Å². The molecule has 5 nitrogen and oxygen atoms in total. The maximum absolute atomic E-state index is 12.8. The van der Waals surface area contributed by atoms with Gasteiger partial charge in [0, 0.05) is 13.0 Å². The Balaban J connectivity index is 1.92. The molecule has 0 saturated carbocycles. The lowest BCUT2D eigenvalue weighted by atomic mass is 10.1. The first-order valence-electron chi connectivity index (χ1n) is 6.64. The highest BCUT2D eigenvalue weighted by Gasteiger charge is 2.11. The molecule has 1 aromatic heterocycles. The van der Waals surface area contributed by atoms with Crippen LogP contribution in [-0.2, 0) is 17.8 Å². The molecule has 0 spiro atoms. The third-order valence-corrected chi connectivity index (χ3v) is 3.88. The van der Waals surface area contributed by atoms with Gasteiger partial charge in [-0.2, -0.15) is 0 Å². The molecule has 112 valence electrons. The zero-order valence-corrected chi connectivity index (χ0v) is 12.5. The van der Waals surface area contributed by atoms with Gasteiger partial charge in [-0.3, -0.25) is 9.36 Å². The van der Waals surface area contributed by atoms with Crippen molar-refractivity contribution in [3.8, 4) is 0 Å². The standard InChI is InChI=1S/C14H16FN3O2S/c1-2-7-18-13(20)16-17-14(18)21-9-12(19)8-10-3-5-11(15)6-4-10/h3-6H,2,7-9H2,1H3,(H,16,20). The van der Waals surface area contributed by atoms with Crippen LogP contribution in [0.1, 0.15) is 18.9 Å². The molecular weight excluding hydrogens is 293 g/mol.